The molecule has 1 aliphatic rings. The molecule has 4 heterocycles. The maximum atomic E-state index is 12.4. The van der Waals surface area contributed by atoms with Gasteiger partial charge in [0.15, 0.2) is 5.11 Å². The second kappa shape index (κ2) is 5.20. The van der Waals surface area contributed by atoms with Gasteiger partial charge >= 0.3 is 0 Å². The minimum atomic E-state index is -0.351. The van der Waals surface area contributed by atoms with Crippen molar-refractivity contribution in [2.75, 3.05) is 14.1 Å². The smallest absolute Gasteiger partial charge is 0.265 e. The molecule has 0 bridgehead atoms. The predicted octanol–water partition coefficient (Wildman–Crippen LogP) is 3.78. The minimum absolute atomic E-state index is 0.153. The van der Waals surface area contributed by atoms with Crippen LogP contribution in [0.4, 0.5) is 0 Å². The number of carbonyl (C=O) groups excluding carboxylic acids is 2. The van der Waals surface area contributed by atoms with Gasteiger partial charge in [-0.25, -0.2) is 0 Å². The van der Waals surface area contributed by atoms with E-state index in [9.17, 15) is 9.59 Å². The lowest BCUT2D eigenvalue weighted by molar-refractivity contribution is -0.132. The lowest BCUT2D eigenvalue weighted by Gasteiger charge is -2.31. The van der Waals surface area contributed by atoms with Crippen LogP contribution in [0.1, 0.15) is 4.88 Å². The first-order chi connectivity index (χ1) is 11.0. The Bertz CT molecular complexity index is 997. The Morgan fingerprint density at radius 3 is 2.43 bits per heavy atom. The van der Waals surface area contributed by atoms with Crippen molar-refractivity contribution in [2.24, 2.45) is 0 Å². The van der Waals surface area contributed by atoms with Crippen LogP contribution in [0.3, 0.4) is 0 Å². The van der Waals surface area contributed by atoms with Gasteiger partial charge in [-0.3, -0.25) is 19.4 Å². The first-order valence-electron chi connectivity index (χ1n) is 6.68. The lowest BCUT2D eigenvalue weighted by atomic mass is 10.1. The molecule has 0 saturated carbocycles. The van der Waals surface area contributed by atoms with Gasteiger partial charge < -0.3 is 0 Å². The molecule has 0 N–H and O–H groups in total. The molecule has 0 radical (unpaired) electrons. The number of nitrogens with zero attached hydrogens (tertiary/aromatic N) is 2. The number of thiophene rings is 3. The van der Waals surface area contributed by atoms with Gasteiger partial charge in [0.2, 0.25) is 0 Å². The summed E-state index contributed by atoms with van der Waals surface area (Å²) in [7, 11) is 3.17. The third-order valence-electron chi connectivity index (χ3n) is 3.70. The topological polar surface area (TPSA) is 40.6 Å². The van der Waals surface area contributed by atoms with E-state index in [0.717, 1.165) is 4.88 Å². The average molecular weight is 379 g/mol. The zero-order valence-electron chi connectivity index (χ0n) is 12.2. The van der Waals surface area contributed by atoms with Crippen molar-refractivity contribution in [3.63, 3.8) is 0 Å². The van der Waals surface area contributed by atoms with Gasteiger partial charge in [-0.15, -0.1) is 34.0 Å². The highest BCUT2D eigenvalue weighted by Crippen LogP contribution is 2.42. The summed E-state index contributed by atoms with van der Waals surface area (Å²) < 4.78 is 4.97. The third-order valence-corrected chi connectivity index (χ3v) is 7.77. The summed E-state index contributed by atoms with van der Waals surface area (Å²) >= 11 is 10.2. The van der Waals surface area contributed by atoms with Crippen molar-refractivity contribution in [3.8, 4) is 0 Å². The van der Waals surface area contributed by atoms with E-state index >= 15 is 0 Å². The summed E-state index contributed by atoms with van der Waals surface area (Å²) in [5, 5.41) is 2.31. The van der Waals surface area contributed by atoms with E-state index in [1.54, 1.807) is 54.2 Å². The first-order valence-corrected chi connectivity index (χ1v) is 9.61. The fourth-order valence-electron chi connectivity index (χ4n) is 2.48. The molecule has 8 heteroatoms. The van der Waals surface area contributed by atoms with Crippen LogP contribution in [0.2, 0.25) is 0 Å². The highest BCUT2D eigenvalue weighted by Gasteiger charge is 2.35. The van der Waals surface area contributed by atoms with Gasteiger partial charge in [0, 0.05) is 28.4 Å². The number of rotatable bonds is 1. The van der Waals surface area contributed by atoms with Crippen LogP contribution < -0.4 is 0 Å². The number of amides is 2. The van der Waals surface area contributed by atoms with E-state index in [1.807, 2.05) is 6.07 Å². The molecule has 23 heavy (non-hydrogen) atoms. The Morgan fingerprint density at radius 1 is 1.04 bits per heavy atom. The van der Waals surface area contributed by atoms with E-state index in [0.29, 0.717) is 0 Å². The van der Waals surface area contributed by atoms with Crippen molar-refractivity contribution in [3.05, 3.63) is 28.0 Å². The first kappa shape index (κ1) is 14.9. The Morgan fingerprint density at radius 2 is 1.74 bits per heavy atom. The van der Waals surface area contributed by atoms with E-state index in [-0.39, 0.29) is 22.5 Å². The van der Waals surface area contributed by atoms with Crippen LogP contribution >= 0.6 is 46.2 Å². The number of fused-ring (bicyclic) bond motifs is 3. The van der Waals surface area contributed by atoms with Crippen LogP contribution in [-0.2, 0) is 9.59 Å². The van der Waals surface area contributed by atoms with Crippen molar-refractivity contribution < 1.29 is 9.59 Å². The highest BCUT2D eigenvalue weighted by molar-refractivity contribution is 7.80. The molecule has 4 rings (SSSR count). The molecule has 0 aromatic carbocycles. The number of carbonyl (C=O) groups is 2. The van der Waals surface area contributed by atoms with Gasteiger partial charge in [-0.1, -0.05) is 0 Å². The number of hydrogen-bond donors (Lipinski definition) is 0. The summed E-state index contributed by atoms with van der Waals surface area (Å²) in [6.45, 7) is 0. The molecule has 1 aliphatic heterocycles. The molecule has 3 aromatic rings. The van der Waals surface area contributed by atoms with E-state index in [2.05, 4.69) is 11.4 Å². The predicted molar refractivity (Wildman–Crippen MR) is 101 cm³/mol. The summed E-state index contributed by atoms with van der Waals surface area (Å²) in [5.41, 5.74) is 0.153. The molecule has 1 saturated heterocycles. The van der Waals surface area contributed by atoms with Crippen LogP contribution in [0.25, 0.3) is 24.9 Å². The standard InChI is InChI=1S/C15H10N2O2S4/c1-16-13(18)8(14(19)17(2)15(16)20)5-7-6-10-12(22-7)11-9(23-10)3-4-21-11/h3-6H,1-2H3. The molecule has 0 spiro atoms. The maximum Gasteiger partial charge on any atom is 0.265 e. The fraction of sp³-hybridized carbons (Fsp3) is 0.133. The molecule has 0 aliphatic carbocycles. The van der Waals surface area contributed by atoms with Gasteiger partial charge in [0.1, 0.15) is 5.57 Å². The second-order valence-corrected chi connectivity index (χ2v) is 8.58. The number of hydrogen-bond acceptors (Lipinski definition) is 6. The molecule has 3 aromatic heterocycles. The molecular weight excluding hydrogens is 368 g/mol. The zero-order valence-corrected chi connectivity index (χ0v) is 15.4. The molecule has 2 amide bonds. The quantitative estimate of drug-likeness (QED) is 0.368. The van der Waals surface area contributed by atoms with Gasteiger partial charge in [0.05, 0.1) is 9.40 Å². The molecule has 0 unspecified atom stereocenters. The van der Waals surface area contributed by atoms with Crippen molar-refractivity contribution in [1.29, 1.82) is 0 Å². The summed E-state index contributed by atoms with van der Waals surface area (Å²) in [4.78, 5) is 28.3. The molecular formula is C15H10N2O2S4. The Balaban J connectivity index is 1.81. The minimum Gasteiger partial charge on any atom is -0.288 e. The number of thiocarbonyl (C=S) groups is 1. The van der Waals surface area contributed by atoms with E-state index in [1.165, 1.54) is 28.6 Å². The molecule has 0 atom stereocenters. The molecule has 1 fully saturated rings. The molecule has 116 valence electrons. The van der Waals surface area contributed by atoms with E-state index in [4.69, 9.17) is 12.2 Å². The number of likely N-dealkylation sites (N-methyl/N-ethyl adjacent to an activating group) is 2. The van der Waals surface area contributed by atoms with Gasteiger partial charge in [-0.05, 0) is 35.8 Å². The van der Waals surface area contributed by atoms with Gasteiger partial charge in [0.25, 0.3) is 11.8 Å². The highest BCUT2D eigenvalue weighted by atomic mass is 32.1. The second-order valence-electron chi connectivity index (χ2n) is 5.13. The fourth-order valence-corrected chi connectivity index (χ4v) is 6.36. The normalized spacial score (nSPS) is 16.3. The zero-order chi connectivity index (χ0) is 16.3. The van der Waals surface area contributed by atoms with Crippen LogP contribution in [0.5, 0.6) is 0 Å². The SMILES string of the molecule is CN1C(=O)C(=Cc2cc3sc4ccsc4c3s2)C(=O)N(C)C1=S. The maximum absolute atomic E-state index is 12.4. The van der Waals surface area contributed by atoms with Crippen LogP contribution in [0.15, 0.2) is 23.1 Å². The van der Waals surface area contributed by atoms with Crippen LogP contribution in [0, 0.1) is 0 Å². The average Bonchev–Trinajstić information content (AvgIpc) is 3.19. The lowest BCUT2D eigenvalue weighted by Crippen LogP contribution is -2.52. The monoisotopic (exact) mass is 378 g/mol. The largest absolute Gasteiger partial charge is 0.288 e. The summed E-state index contributed by atoms with van der Waals surface area (Å²) in [6, 6.07) is 4.16. The van der Waals surface area contributed by atoms with Gasteiger partial charge in [-0.2, -0.15) is 0 Å². The Kier molecular flexibility index (Phi) is 3.38. The summed E-state index contributed by atoms with van der Waals surface area (Å²) in [5.74, 6) is -0.702. The summed E-state index contributed by atoms with van der Waals surface area (Å²) in [6.07, 6.45) is 1.68. The van der Waals surface area contributed by atoms with Crippen molar-refractivity contribution in [1.82, 2.24) is 9.80 Å². The third kappa shape index (κ3) is 2.17. The molecule has 4 nitrogen and oxygen atoms in total. The van der Waals surface area contributed by atoms with Crippen molar-refractivity contribution in [2.45, 2.75) is 0 Å². The Hall–Kier alpha value is -1.61. The van der Waals surface area contributed by atoms with Crippen LogP contribution in [-0.4, -0.2) is 40.8 Å². The van der Waals surface area contributed by atoms with Crippen molar-refractivity contribution >= 4 is 88.0 Å². The van der Waals surface area contributed by atoms with E-state index < -0.39 is 0 Å². The Labute approximate surface area is 149 Å².